The number of ether oxygens (including phenoxy) is 1. The Bertz CT molecular complexity index is 595. The quantitative estimate of drug-likeness (QED) is 0.266. The number of anilines is 1. The Balaban J connectivity index is 2.61. The van der Waals surface area contributed by atoms with Gasteiger partial charge in [-0.15, -0.1) is 0 Å². The molecule has 0 spiro atoms. The summed E-state index contributed by atoms with van der Waals surface area (Å²) in [7, 11) is -3.31. The molecule has 0 amide bonds. The first-order chi connectivity index (χ1) is 11.3. The number of nitrogens with zero attached hydrogens (tertiary/aromatic N) is 3. The first-order valence-corrected chi connectivity index (χ1v) is 9.32. The van der Waals surface area contributed by atoms with Gasteiger partial charge in [-0.3, -0.25) is 14.7 Å². The van der Waals surface area contributed by atoms with Crippen molar-refractivity contribution in [3.63, 3.8) is 0 Å². The molecule has 136 valence electrons. The zero-order chi connectivity index (χ0) is 18.2. The van der Waals surface area contributed by atoms with Crippen molar-refractivity contribution in [2.24, 2.45) is 0 Å². The highest BCUT2D eigenvalue weighted by molar-refractivity contribution is 7.53. The molecule has 10 nitrogen and oxygen atoms in total. The number of nitro groups is 1. The Kier molecular flexibility index (Phi) is 8.51. The number of nitrogens with one attached hydrogen (secondary N) is 1. The van der Waals surface area contributed by atoms with Crippen LogP contribution in [0.3, 0.4) is 0 Å². The van der Waals surface area contributed by atoms with Crippen molar-refractivity contribution >= 4 is 30.7 Å². The lowest BCUT2D eigenvalue weighted by Gasteiger charge is -2.20. The Morgan fingerprint density at radius 3 is 2.54 bits per heavy atom. The minimum absolute atomic E-state index is 0.0201. The lowest BCUT2D eigenvalue weighted by Crippen LogP contribution is -2.22. The maximum absolute atomic E-state index is 12.3. The standard InChI is InChI=1S/C12H20ClN4O6P/c1-4-22-24(20,23-5-2)8-21-9(3)6-14-12-10(17(18)19)11(13)15-7-16-12/h7,9H,4-6,8H2,1-3H3,(H,14,15,16). The second-order valence-electron chi connectivity index (χ2n) is 4.55. The second-order valence-corrected chi connectivity index (χ2v) is 6.91. The Hall–Kier alpha value is -1.32. The maximum atomic E-state index is 12.3. The third-order valence-electron chi connectivity index (χ3n) is 2.69. The largest absolute Gasteiger partial charge is 0.364 e. The molecule has 0 radical (unpaired) electrons. The maximum Gasteiger partial charge on any atom is 0.356 e. The summed E-state index contributed by atoms with van der Waals surface area (Å²) in [4.78, 5) is 17.7. The third kappa shape index (κ3) is 6.29. The molecular formula is C12H20ClN4O6P. The number of rotatable bonds is 11. The van der Waals surface area contributed by atoms with E-state index in [1.165, 1.54) is 0 Å². The molecule has 1 rings (SSSR count). The van der Waals surface area contributed by atoms with Crippen molar-refractivity contribution in [1.82, 2.24) is 9.97 Å². The normalized spacial score (nSPS) is 12.8. The van der Waals surface area contributed by atoms with Crippen LogP contribution in [0.5, 0.6) is 0 Å². The molecule has 1 heterocycles. The average molecular weight is 383 g/mol. The van der Waals surface area contributed by atoms with E-state index in [-0.39, 0.29) is 37.1 Å². The highest BCUT2D eigenvalue weighted by Crippen LogP contribution is 2.48. The Morgan fingerprint density at radius 1 is 1.38 bits per heavy atom. The fourth-order valence-electron chi connectivity index (χ4n) is 1.67. The van der Waals surface area contributed by atoms with Crippen LogP contribution in [0.25, 0.3) is 0 Å². The van der Waals surface area contributed by atoms with Crippen LogP contribution in [0.2, 0.25) is 5.15 Å². The summed E-state index contributed by atoms with van der Waals surface area (Å²) >= 11 is 5.70. The molecule has 1 unspecified atom stereocenters. The molecular weight excluding hydrogens is 363 g/mol. The van der Waals surface area contributed by atoms with Crippen LogP contribution in [-0.2, 0) is 18.3 Å². The third-order valence-corrected chi connectivity index (χ3v) is 4.73. The number of hydrogen-bond donors (Lipinski definition) is 1. The minimum Gasteiger partial charge on any atom is -0.364 e. The van der Waals surface area contributed by atoms with Crippen molar-refractivity contribution < 1.29 is 23.3 Å². The van der Waals surface area contributed by atoms with E-state index in [1.54, 1.807) is 20.8 Å². The van der Waals surface area contributed by atoms with Gasteiger partial charge in [0.1, 0.15) is 12.7 Å². The summed E-state index contributed by atoms with van der Waals surface area (Å²) in [5.74, 6) is -0.0201. The van der Waals surface area contributed by atoms with Crippen molar-refractivity contribution in [3.8, 4) is 0 Å². The molecule has 0 aliphatic carbocycles. The van der Waals surface area contributed by atoms with E-state index in [0.29, 0.717) is 0 Å². The van der Waals surface area contributed by atoms with Gasteiger partial charge in [-0.25, -0.2) is 9.97 Å². The molecule has 0 aliphatic heterocycles. The molecule has 0 fully saturated rings. The van der Waals surface area contributed by atoms with Gasteiger partial charge in [0.2, 0.25) is 11.0 Å². The van der Waals surface area contributed by atoms with Crippen LogP contribution in [0.15, 0.2) is 6.33 Å². The summed E-state index contributed by atoms with van der Waals surface area (Å²) in [5.41, 5.74) is -0.416. The van der Waals surface area contributed by atoms with Crippen molar-refractivity contribution in [1.29, 1.82) is 0 Å². The first-order valence-electron chi connectivity index (χ1n) is 7.21. The van der Waals surface area contributed by atoms with E-state index in [4.69, 9.17) is 25.4 Å². The fourth-order valence-corrected chi connectivity index (χ4v) is 3.32. The number of aromatic nitrogens is 2. The highest BCUT2D eigenvalue weighted by Gasteiger charge is 2.26. The van der Waals surface area contributed by atoms with Gasteiger partial charge in [0.25, 0.3) is 0 Å². The summed E-state index contributed by atoms with van der Waals surface area (Å²) in [6.07, 6.45) is 0.457. The van der Waals surface area contributed by atoms with Crippen molar-refractivity contribution in [2.45, 2.75) is 26.9 Å². The Morgan fingerprint density at radius 2 is 2.00 bits per heavy atom. The molecule has 0 aliphatic rings. The lowest BCUT2D eigenvalue weighted by molar-refractivity contribution is -0.384. The second kappa shape index (κ2) is 9.85. The van der Waals surface area contributed by atoms with Crippen LogP contribution >= 0.6 is 19.2 Å². The molecule has 0 aromatic carbocycles. The van der Waals surface area contributed by atoms with E-state index in [2.05, 4.69) is 15.3 Å². The molecule has 1 aromatic heterocycles. The van der Waals surface area contributed by atoms with E-state index in [0.717, 1.165) is 6.33 Å². The molecule has 12 heteroatoms. The van der Waals surface area contributed by atoms with E-state index in [1.807, 2.05) is 0 Å². The summed E-state index contributed by atoms with van der Waals surface area (Å²) in [6, 6.07) is 0. The predicted molar refractivity (Wildman–Crippen MR) is 88.5 cm³/mol. The van der Waals surface area contributed by atoms with Crippen LogP contribution < -0.4 is 5.32 Å². The first kappa shape index (κ1) is 20.7. The van der Waals surface area contributed by atoms with Gasteiger partial charge in [0, 0.05) is 6.54 Å². The van der Waals surface area contributed by atoms with Crippen LogP contribution in [0.4, 0.5) is 11.5 Å². The van der Waals surface area contributed by atoms with Gasteiger partial charge in [0.15, 0.2) is 0 Å². The number of hydrogen-bond acceptors (Lipinski definition) is 9. The lowest BCUT2D eigenvalue weighted by atomic mass is 10.4. The molecule has 1 atom stereocenters. The predicted octanol–water partition coefficient (Wildman–Crippen LogP) is 3.08. The highest BCUT2D eigenvalue weighted by atomic mass is 35.5. The van der Waals surface area contributed by atoms with Gasteiger partial charge < -0.3 is 19.1 Å². The zero-order valence-corrected chi connectivity index (χ0v) is 15.2. The Labute approximate surface area is 144 Å². The van der Waals surface area contributed by atoms with Crippen LogP contribution in [-0.4, -0.2) is 47.1 Å². The smallest absolute Gasteiger partial charge is 0.356 e. The molecule has 0 bridgehead atoms. The summed E-state index contributed by atoms with van der Waals surface area (Å²) in [5, 5.41) is 13.5. The van der Waals surface area contributed by atoms with Crippen molar-refractivity contribution in [3.05, 3.63) is 21.6 Å². The van der Waals surface area contributed by atoms with Crippen LogP contribution in [0, 0.1) is 10.1 Å². The van der Waals surface area contributed by atoms with Gasteiger partial charge in [-0.2, -0.15) is 0 Å². The molecule has 1 aromatic rings. The van der Waals surface area contributed by atoms with Gasteiger partial charge >= 0.3 is 13.3 Å². The molecule has 0 saturated heterocycles. The van der Waals surface area contributed by atoms with E-state index < -0.39 is 24.3 Å². The topological polar surface area (TPSA) is 126 Å². The van der Waals surface area contributed by atoms with Crippen molar-refractivity contribution in [2.75, 3.05) is 31.4 Å². The minimum atomic E-state index is -3.31. The SMILES string of the molecule is CCOP(=O)(COC(C)CNc1ncnc(Cl)c1[N+](=O)[O-])OCC. The van der Waals surface area contributed by atoms with E-state index >= 15 is 0 Å². The monoisotopic (exact) mass is 382 g/mol. The van der Waals surface area contributed by atoms with Gasteiger partial charge in [0.05, 0.1) is 24.2 Å². The molecule has 24 heavy (non-hydrogen) atoms. The molecule has 1 N–H and O–H groups in total. The summed E-state index contributed by atoms with van der Waals surface area (Å²) < 4.78 is 27.9. The summed E-state index contributed by atoms with van der Waals surface area (Å²) in [6.45, 7) is 5.75. The zero-order valence-electron chi connectivity index (χ0n) is 13.6. The van der Waals surface area contributed by atoms with Gasteiger partial charge in [-0.05, 0) is 20.8 Å². The average Bonchev–Trinajstić information content (AvgIpc) is 2.51. The van der Waals surface area contributed by atoms with Gasteiger partial charge in [-0.1, -0.05) is 11.6 Å². The number of halogens is 1. The van der Waals surface area contributed by atoms with Crippen LogP contribution in [0.1, 0.15) is 20.8 Å². The van der Waals surface area contributed by atoms with E-state index in [9.17, 15) is 14.7 Å². The molecule has 0 saturated carbocycles. The fraction of sp³-hybridized carbons (Fsp3) is 0.667.